The van der Waals surface area contributed by atoms with Gasteiger partial charge < -0.3 is 24.6 Å². The number of ether oxygens (including phenoxy) is 2. The van der Waals surface area contributed by atoms with E-state index in [1.807, 2.05) is 0 Å². The van der Waals surface area contributed by atoms with Gasteiger partial charge in [-0.05, 0) is 32.1 Å². The summed E-state index contributed by atoms with van der Waals surface area (Å²) in [4.78, 5) is 33.3. The van der Waals surface area contributed by atoms with Crippen molar-refractivity contribution < 1.29 is 47.8 Å². The van der Waals surface area contributed by atoms with Gasteiger partial charge in [0.05, 0.1) is 19.8 Å². The van der Waals surface area contributed by atoms with Gasteiger partial charge in [0.2, 0.25) is 0 Å². The van der Waals surface area contributed by atoms with E-state index in [4.69, 9.17) is 19.1 Å². The molecule has 0 aromatic carbocycles. The normalized spacial score (nSPS) is 15.1. The quantitative estimate of drug-likeness (QED) is 0.0744. The Bertz CT molecular complexity index is 680. The molecule has 0 aromatic rings. The molecule has 0 aromatic heterocycles. The van der Waals surface area contributed by atoms with Gasteiger partial charge >= 0.3 is 19.8 Å². The fraction of sp³-hybridized carbons (Fsp3) is 0.760. The smallest absolute Gasteiger partial charge is 0.462 e. The molecule has 0 spiro atoms. The van der Waals surface area contributed by atoms with Gasteiger partial charge in [-0.25, -0.2) is 4.57 Å². The zero-order valence-corrected chi connectivity index (χ0v) is 22.6. The second-order valence-corrected chi connectivity index (χ2v) is 9.77. The molecule has 0 saturated heterocycles. The standard InChI is InChI=1S/C25H45O10P/c1-3-5-6-7-8-9-10-11-12-13-14-15-16-17-25(29)35-23(20-32-24(28)4-2)21-34-36(30,31)33-19-22(27)18-26/h6-7,9-10,22-23,26-27H,3-5,8,11-21H2,1-2H3,(H,30,31)/b7-6-,10-9-. The lowest BCUT2D eigenvalue weighted by Gasteiger charge is -2.20. The van der Waals surface area contributed by atoms with Crippen molar-refractivity contribution in [3.05, 3.63) is 24.3 Å². The van der Waals surface area contributed by atoms with Crippen molar-refractivity contribution in [3.63, 3.8) is 0 Å². The van der Waals surface area contributed by atoms with E-state index < -0.39 is 51.8 Å². The van der Waals surface area contributed by atoms with E-state index in [-0.39, 0.29) is 19.4 Å². The monoisotopic (exact) mass is 536 g/mol. The lowest BCUT2D eigenvalue weighted by molar-refractivity contribution is -0.161. The molecule has 3 N–H and O–H groups in total. The number of rotatable bonds is 23. The van der Waals surface area contributed by atoms with Gasteiger partial charge in [-0.2, -0.15) is 0 Å². The summed E-state index contributed by atoms with van der Waals surface area (Å²) in [6.45, 7) is 1.61. The molecule has 0 saturated carbocycles. The van der Waals surface area contributed by atoms with Crippen molar-refractivity contribution in [1.82, 2.24) is 0 Å². The molecule has 11 heteroatoms. The third-order valence-corrected chi connectivity index (χ3v) is 5.84. The van der Waals surface area contributed by atoms with Crippen LogP contribution in [0, 0.1) is 0 Å². The van der Waals surface area contributed by atoms with E-state index in [9.17, 15) is 24.2 Å². The zero-order valence-electron chi connectivity index (χ0n) is 21.7. The molecular formula is C25H45O10P. The molecular weight excluding hydrogens is 491 g/mol. The summed E-state index contributed by atoms with van der Waals surface area (Å²) >= 11 is 0. The fourth-order valence-electron chi connectivity index (χ4n) is 2.83. The minimum atomic E-state index is -4.57. The van der Waals surface area contributed by atoms with Crippen LogP contribution >= 0.6 is 7.82 Å². The van der Waals surface area contributed by atoms with Gasteiger partial charge in [-0.3, -0.25) is 18.6 Å². The predicted octanol–water partition coefficient (Wildman–Crippen LogP) is 4.37. The summed E-state index contributed by atoms with van der Waals surface area (Å²) in [6.07, 6.45) is 15.6. The molecule has 0 rings (SSSR count). The Labute approximate surface area is 215 Å². The Morgan fingerprint density at radius 3 is 2.17 bits per heavy atom. The van der Waals surface area contributed by atoms with E-state index in [1.54, 1.807) is 6.92 Å². The summed E-state index contributed by atoms with van der Waals surface area (Å²) in [6, 6.07) is 0. The summed E-state index contributed by atoms with van der Waals surface area (Å²) in [7, 11) is -4.57. The number of hydrogen-bond acceptors (Lipinski definition) is 9. The number of allylic oxidation sites excluding steroid dienone is 4. The van der Waals surface area contributed by atoms with E-state index in [1.165, 1.54) is 6.42 Å². The third kappa shape index (κ3) is 21.7. The van der Waals surface area contributed by atoms with E-state index in [0.717, 1.165) is 44.9 Å². The van der Waals surface area contributed by atoms with Gasteiger partial charge in [0.25, 0.3) is 0 Å². The molecule has 210 valence electrons. The molecule has 0 aliphatic rings. The van der Waals surface area contributed by atoms with Crippen LogP contribution in [0.3, 0.4) is 0 Å². The van der Waals surface area contributed by atoms with Crippen molar-refractivity contribution in [1.29, 1.82) is 0 Å². The maximum atomic E-state index is 12.2. The molecule has 0 bridgehead atoms. The molecule has 0 aliphatic heterocycles. The van der Waals surface area contributed by atoms with Crippen LogP contribution in [0.15, 0.2) is 24.3 Å². The molecule has 3 unspecified atom stereocenters. The minimum Gasteiger partial charge on any atom is -0.462 e. The van der Waals surface area contributed by atoms with Crippen molar-refractivity contribution in [2.24, 2.45) is 0 Å². The number of aliphatic hydroxyl groups excluding tert-OH is 2. The van der Waals surface area contributed by atoms with Gasteiger partial charge in [-0.1, -0.05) is 63.8 Å². The van der Waals surface area contributed by atoms with Crippen LogP contribution in [0.2, 0.25) is 0 Å². The van der Waals surface area contributed by atoms with Gasteiger partial charge in [0.1, 0.15) is 12.7 Å². The number of hydrogen-bond donors (Lipinski definition) is 3. The van der Waals surface area contributed by atoms with Crippen LogP contribution in [-0.4, -0.2) is 65.7 Å². The first-order chi connectivity index (χ1) is 17.2. The second-order valence-electron chi connectivity index (χ2n) is 8.32. The van der Waals surface area contributed by atoms with Crippen molar-refractivity contribution in [3.8, 4) is 0 Å². The number of phosphoric acid groups is 1. The van der Waals surface area contributed by atoms with Gasteiger partial charge in [-0.15, -0.1) is 0 Å². The minimum absolute atomic E-state index is 0.119. The van der Waals surface area contributed by atoms with Crippen LogP contribution in [0.25, 0.3) is 0 Å². The SMILES string of the molecule is CCC/C=C\C/C=C\CCCCCCCC(=O)OC(COC(=O)CC)COP(=O)(O)OCC(O)CO. The van der Waals surface area contributed by atoms with Crippen LogP contribution in [-0.2, 0) is 32.7 Å². The van der Waals surface area contributed by atoms with Gasteiger partial charge in [0, 0.05) is 12.8 Å². The molecule has 10 nitrogen and oxygen atoms in total. The predicted molar refractivity (Wildman–Crippen MR) is 136 cm³/mol. The van der Waals surface area contributed by atoms with Crippen molar-refractivity contribution in [2.75, 3.05) is 26.4 Å². The number of carbonyl (C=O) groups is 2. The van der Waals surface area contributed by atoms with Crippen LogP contribution in [0.1, 0.15) is 84.5 Å². The molecule has 0 heterocycles. The van der Waals surface area contributed by atoms with E-state index in [2.05, 4.69) is 35.8 Å². The topological polar surface area (TPSA) is 149 Å². The Kier molecular flexibility index (Phi) is 21.7. The zero-order chi connectivity index (χ0) is 27.1. The molecule has 0 amide bonds. The molecule has 0 radical (unpaired) electrons. The van der Waals surface area contributed by atoms with Crippen LogP contribution in [0.4, 0.5) is 0 Å². The highest BCUT2D eigenvalue weighted by Crippen LogP contribution is 2.43. The average Bonchev–Trinajstić information content (AvgIpc) is 2.86. The molecule has 0 aliphatic carbocycles. The first-order valence-corrected chi connectivity index (χ1v) is 14.3. The molecule has 3 atom stereocenters. The summed E-state index contributed by atoms with van der Waals surface area (Å²) in [5, 5.41) is 17.9. The largest absolute Gasteiger partial charge is 0.472 e. The highest BCUT2D eigenvalue weighted by molar-refractivity contribution is 7.47. The highest BCUT2D eigenvalue weighted by atomic mass is 31.2. The van der Waals surface area contributed by atoms with Gasteiger partial charge in [0.15, 0.2) is 6.10 Å². The summed E-state index contributed by atoms with van der Waals surface area (Å²) in [5.74, 6) is -1.05. The van der Waals surface area contributed by atoms with E-state index >= 15 is 0 Å². The van der Waals surface area contributed by atoms with E-state index in [0.29, 0.717) is 6.42 Å². The highest BCUT2D eigenvalue weighted by Gasteiger charge is 2.26. The maximum Gasteiger partial charge on any atom is 0.472 e. The second kappa shape index (κ2) is 22.6. The summed E-state index contributed by atoms with van der Waals surface area (Å²) < 4.78 is 31.5. The summed E-state index contributed by atoms with van der Waals surface area (Å²) in [5.41, 5.74) is 0. The number of aliphatic hydroxyl groups is 2. The number of carbonyl (C=O) groups excluding carboxylic acids is 2. The van der Waals surface area contributed by atoms with Crippen molar-refractivity contribution >= 4 is 19.8 Å². The lowest BCUT2D eigenvalue weighted by atomic mass is 10.1. The Morgan fingerprint density at radius 2 is 1.50 bits per heavy atom. The lowest BCUT2D eigenvalue weighted by Crippen LogP contribution is -2.29. The van der Waals surface area contributed by atoms with Crippen LogP contribution in [0.5, 0.6) is 0 Å². The number of phosphoric ester groups is 1. The molecule has 0 fully saturated rings. The first kappa shape index (κ1) is 34.5. The average molecular weight is 537 g/mol. The Morgan fingerprint density at radius 1 is 0.861 bits per heavy atom. The first-order valence-electron chi connectivity index (χ1n) is 12.8. The third-order valence-electron chi connectivity index (χ3n) is 4.89. The number of esters is 2. The van der Waals surface area contributed by atoms with Crippen LogP contribution < -0.4 is 0 Å². The number of unbranched alkanes of at least 4 members (excludes halogenated alkanes) is 6. The van der Waals surface area contributed by atoms with Crippen molar-refractivity contribution in [2.45, 2.75) is 96.7 Å². The maximum absolute atomic E-state index is 12.2. The Hall–Kier alpha value is -1.55. The molecule has 36 heavy (non-hydrogen) atoms. The fourth-order valence-corrected chi connectivity index (χ4v) is 3.62. The Balaban J connectivity index is 4.23.